The minimum atomic E-state index is -3.10. The Hall–Kier alpha value is -2.26. The van der Waals surface area contributed by atoms with Gasteiger partial charge in [-0.05, 0) is 70.3 Å². The molecule has 37 heavy (non-hydrogen) atoms. The van der Waals surface area contributed by atoms with E-state index in [2.05, 4.69) is 6.58 Å². The lowest BCUT2D eigenvalue weighted by Crippen LogP contribution is -2.42. The third-order valence-corrected chi connectivity index (χ3v) is 8.08. The van der Waals surface area contributed by atoms with Gasteiger partial charge < -0.3 is 25.0 Å². The van der Waals surface area contributed by atoms with E-state index in [1.165, 1.54) is 17.8 Å². The molecule has 1 atom stereocenters. The van der Waals surface area contributed by atoms with Crippen LogP contribution in [0.3, 0.4) is 0 Å². The van der Waals surface area contributed by atoms with Crippen molar-refractivity contribution >= 4 is 28.7 Å². The van der Waals surface area contributed by atoms with Crippen molar-refractivity contribution < 1.29 is 22.6 Å². The molecule has 1 saturated carbocycles. The van der Waals surface area contributed by atoms with Crippen LogP contribution in [-0.4, -0.2) is 44.1 Å². The molecule has 1 aliphatic carbocycles. The van der Waals surface area contributed by atoms with Gasteiger partial charge in [-0.1, -0.05) is 19.6 Å². The molecule has 2 fully saturated rings. The van der Waals surface area contributed by atoms with E-state index >= 15 is 4.39 Å². The fourth-order valence-electron chi connectivity index (χ4n) is 5.40. The summed E-state index contributed by atoms with van der Waals surface area (Å²) in [7, 11) is 0. The number of allylic oxidation sites excluding steroid dienone is 2. The summed E-state index contributed by atoms with van der Waals surface area (Å²) in [5.41, 5.74) is 8.49. The van der Waals surface area contributed by atoms with Crippen LogP contribution in [0.1, 0.15) is 58.9 Å². The first-order valence-corrected chi connectivity index (χ1v) is 14.2. The summed E-state index contributed by atoms with van der Waals surface area (Å²) in [6.45, 7) is 10.2. The van der Waals surface area contributed by atoms with E-state index in [1.54, 1.807) is 0 Å². The van der Waals surface area contributed by atoms with E-state index in [9.17, 15) is 8.78 Å². The average Bonchev–Trinajstić information content (AvgIpc) is 3.53. The van der Waals surface area contributed by atoms with Crippen LogP contribution in [0.25, 0.3) is 5.57 Å². The summed E-state index contributed by atoms with van der Waals surface area (Å²) in [5.74, 6) is -0.116. The first-order valence-electron chi connectivity index (χ1n) is 13.0. The topological polar surface area (TPSA) is 51.0 Å². The van der Waals surface area contributed by atoms with Crippen molar-refractivity contribution in [2.24, 2.45) is 11.7 Å². The number of thioether (sulfide) groups is 1. The Labute approximate surface area is 222 Å². The molecule has 0 bridgehead atoms. The van der Waals surface area contributed by atoms with Crippen molar-refractivity contribution in [3.05, 3.63) is 46.5 Å². The first kappa shape index (κ1) is 27.8. The van der Waals surface area contributed by atoms with E-state index in [0.717, 1.165) is 35.4 Å². The molecule has 2 aliphatic heterocycles. The smallest absolute Gasteiger partial charge is 0.387 e. The lowest BCUT2D eigenvalue weighted by Gasteiger charge is -2.39. The van der Waals surface area contributed by atoms with Crippen LogP contribution in [-0.2, 0) is 4.74 Å². The molecule has 0 spiro atoms. The SMILES string of the molecule is C=C(OCC)C1=C(SC)N(C2CC2)c2c(cc(F)c(N3CCC(C(C)(C)N)C3)c2OC(F)F)/C1=C\CC. The van der Waals surface area contributed by atoms with Gasteiger partial charge in [-0.15, -0.1) is 11.8 Å². The first-order chi connectivity index (χ1) is 17.5. The van der Waals surface area contributed by atoms with Crippen LogP contribution in [0.15, 0.2) is 35.1 Å². The van der Waals surface area contributed by atoms with E-state index in [-0.39, 0.29) is 23.4 Å². The summed E-state index contributed by atoms with van der Waals surface area (Å²) >= 11 is 1.51. The van der Waals surface area contributed by atoms with Crippen LogP contribution in [0.2, 0.25) is 0 Å². The van der Waals surface area contributed by atoms with Crippen molar-refractivity contribution in [2.45, 2.75) is 71.6 Å². The molecule has 5 nitrogen and oxygen atoms in total. The van der Waals surface area contributed by atoms with Gasteiger partial charge >= 0.3 is 6.61 Å². The van der Waals surface area contributed by atoms with Gasteiger partial charge in [-0.2, -0.15) is 8.78 Å². The van der Waals surface area contributed by atoms with E-state index in [1.807, 2.05) is 49.8 Å². The number of benzene rings is 1. The van der Waals surface area contributed by atoms with E-state index in [4.69, 9.17) is 15.2 Å². The number of nitrogens with zero attached hydrogens (tertiary/aromatic N) is 2. The molecule has 1 aromatic rings. The van der Waals surface area contributed by atoms with E-state index in [0.29, 0.717) is 43.1 Å². The number of alkyl halides is 2. The van der Waals surface area contributed by atoms with Crippen molar-refractivity contribution in [1.82, 2.24) is 0 Å². The molecule has 0 aromatic heterocycles. The number of anilines is 2. The average molecular weight is 538 g/mol. The van der Waals surface area contributed by atoms with Gasteiger partial charge in [0.1, 0.15) is 11.4 Å². The zero-order valence-corrected chi connectivity index (χ0v) is 23.2. The van der Waals surface area contributed by atoms with Crippen LogP contribution in [0, 0.1) is 11.7 Å². The lowest BCUT2D eigenvalue weighted by atomic mass is 9.88. The van der Waals surface area contributed by atoms with Gasteiger partial charge in [0.25, 0.3) is 0 Å². The number of hydrogen-bond donors (Lipinski definition) is 1. The molecular weight excluding hydrogens is 499 g/mol. The van der Waals surface area contributed by atoms with Crippen molar-refractivity contribution in [3.63, 3.8) is 0 Å². The Balaban J connectivity index is 1.98. The highest BCUT2D eigenvalue weighted by molar-refractivity contribution is 8.02. The minimum Gasteiger partial charge on any atom is -0.494 e. The Morgan fingerprint density at radius 1 is 1.27 bits per heavy atom. The summed E-state index contributed by atoms with van der Waals surface area (Å²) < 4.78 is 55.0. The Bertz CT molecular complexity index is 1110. The summed E-state index contributed by atoms with van der Waals surface area (Å²) in [5, 5.41) is 0.854. The molecule has 2 N–H and O–H groups in total. The molecule has 4 rings (SSSR count). The molecule has 1 saturated heterocycles. The highest BCUT2D eigenvalue weighted by Gasteiger charge is 2.44. The highest BCUT2D eigenvalue weighted by atomic mass is 32.2. The summed E-state index contributed by atoms with van der Waals surface area (Å²) in [4.78, 5) is 3.87. The van der Waals surface area contributed by atoms with Gasteiger partial charge in [0.15, 0.2) is 11.6 Å². The monoisotopic (exact) mass is 537 g/mol. The predicted molar refractivity (Wildman–Crippen MR) is 147 cm³/mol. The second-order valence-electron chi connectivity index (χ2n) is 10.4. The third-order valence-electron chi connectivity index (χ3n) is 7.29. The van der Waals surface area contributed by atoms with Crippen LogP contribution >= 0.6 is 11.8 Å². The number of ether oxygens (including phenoxy) is 2. The molecule has 3 aliphatic rings. The Kier molecular flexibility index (Phi) is 8.14. The van der Waals surface area contributed by atoms with Gasteiger partial charge in [0, 0.05) is 30.2 Å². The molecule has 204 valence electrons. The number of halogens is 3. The van der Waals surface area contributed by atoms with Crippen molar-refractivity contribution in [1.29, 1.82) is 0 Å². The highest BCUT2D eigenvalue weighted by Crippen LogP contribution is 2.57. The molecule has 1 unspecified atom stereocenters. The molecular formula is C28H38F3N3O2S. The maximum atomic E-state index is 16.1. The molecule has 9 heteroatoms. The number of rotatable bonds is 10. The fraction of sp³-hybridized carbons (Fsp3) is 0.571. The van der Waals surface area contributed by atoms with Gasteiger partial charge in [0.05, 0.1) is 22.9 Å². The predicted octanol–water partition coefficient (Wildman–Crippen LogP) is 6.89. The van der Waals surface area contributed by atoms with Gasteiger partial charge in [-0.25, -0.2) is 4.39 Å². The van der Waals surface area contributed by atoms with Gasteiger partial charge in [0.2, 0.25) is 0 Å². The number of hydrogen-bond acceptors (Lipinski definition) is 6. The maximum Gasteiger partial charge on any atom is 0.387 e. The van der Waals surface area contributed by atoms with Crippen molar-refractivity contribution in [2.75, 3.05) is 35.8 Å². The normalized spacial score (nSPS) is 21.2. The minimum absolute atomic E-state index is 0.0832. The summed E-state index contributed by atoms with van der Waals surface area (Å²) in [6, 6.07) is 1.57. The maximum absolute atomic E-state index is 16.1. The second-order valence-corrected chi connectivity index (χ2v) is 11.2. The molecule has 2 heterocycles. The Morgan fingerprint density at radius 2 is 1.97 bits per heavy atom. The standard InChI is InChI=1S/C28H38F3N3O2S/c1-7-9-19-20-14-21(29)24(33-13-12-17(15-33)28(4,5)32)25(36-27(30)31)23(20)34(18-10-11-18)26(37-6)22(19)16(3)35-8-2/h9,14,17-18,27H,3,7-8,10-13,15,32H2,1-2,4-6H3/b19-9+. The third kappa shape index (κ3) is 5.35. The fourth-order valence-corrected chi connectivity index (χ4v) is 6.27. The van der Waals surface area contributed by atoms with E-state index < -0.39 is 18.0 Å². The van der Waals surface area contributed by atoms with Crippen molar-refractivity contribution in [3.8, 4) is 5.75 Å². The molecule has 1 aromatic carbocycles. The van der Waals surface area contributed by atoms with Crippen LogP contribution in [0.5, 0.6) is 5.75 Å². The lowest BCUT2D eigenvalue weighted by molar-refractivity contribution is -0.0493. The van der Waals surface area contributed by atoms with Gasteiger partial charge in [-0.3, -0.25) is 0 Å². The number of fused-ring (bicyclic) bond motifs is 1. The molecule has 0 radical (unpaired) electrons. The quantitative estimate of drug-likeness (QED) is 0.328. The molecule has 0 amide bonds. The second kappa shape index (κ2) is 10.8. The Morgan fingerprint density at radius 3 is 2.49 bits per heavy atom. The zero-order valence-electron chi connectivity index (χ0n) is 22.4. The van der Waals surface area contributed by atoms with Crippen LogP contribution in [0.4, 0.5) is 24.5 Å². The largest absolute Gasteiger partial charge is 0.494 e. The van der Waals surface area contributed by atoms with Crippen LogP contribution < -0.4 is 20.3 Å². The zero-order chi connectivity index (χ0) is 27.1. The number of nitrogens with two attached hydrogens (primary N) is 1. The summed E-state index contributed by atoms with van der Waals surface area (Å²) in [6.07, 6.45) is 7.14.